The van der Waals surface area contributed by atoms with Crippen molar-refractivity contribution in [2.45, 2.75) is 18.9 Å². The van der Waals surface area contributed by atoms with Crippen LogP contribution in [-0.4, -0.2) is 12.1 Å². The van der Waals surface area contributed by atoms with Gasteiger partial charge in [0.15, 0.2) is 11.5 Å². The van der Waals surface area contributed by atoms with Crippen LogP contribution in [0.5, 0.6) is 11.5 Å². The maximum absolute atomic E-state index is 6.25. The number of aryl methyl sites for hydroxylation is 1. The molecule has 20 heavy (non-hydrogen) atoms. The highest BCUT2D eigenvalue weighted by Gasteiger charge is 2.12. The van der Waals surface area contributed by atoms with E-state index in [1.807, 2.05) is 31.3 Å². The van der Waals surface area contributed by atoms with E-state index in [0.29, 0.717) is 28.5 Å². The van der Waals surface area contributed by atoms with Gasteiger partial charge in [0.05, 0.1) is 12.1 Å². The maximum Gasteiger partial charge on any atom is 0.180 e. The predicted molar refractivity (Wildman–Crippen MR) is 83.9 cm³/mol. The molecule has 0 fully saturated rings. The second kappa shape index (κ2) is 6.95. The van der Waals surface area contributed by atoms with Crippen LogP contribution >= 0.6 is 27.5 Å². The van der Waals surface area contributed by atoms with Crippen molar-refractivity contribution >= 4 is 27.5 Å². The summed E-state index contributed by atoms with van der Waals surface area (Å²) < 4.78 is 11.1. The quantitative estimate of drug-likeness (QED) is 0.738. The molecule has 0 atom stereocenters. The molecule has 106 valence electrons. The van der Waals surface area contributed by atoms with Gasteiger partial charge in [0.25, 0.3) is 0 Å². The fraction of sp³-hybridized carbons (Fsp3) is 0.267. The molecular weight excluding hydrogens is 342 g/mol. The number of benzene rings is 1. The van der Waals surface area contributed by atoms with Crippen molar-refractivity contribution in [2.75, 3.05) is 7.11 Å². The van der Waals surface area contributed by atoms with Crippen LogP contribution in [0, 0.1) is 6.92 Å². The van der Waals surface area contributed by atoms with Crippen LogP contribution in [0.2, 0.25) is 5.02 Å². The summed E-state index contributed by atoms with van der Waals surface area (Å²) >= 11 is 9.65. The largest absolute Gasteiger partial charge is 0.493 e. The van der Waals surface area contributed by atoms with Crippen LogP contribution in [0.1, 0.15) is 16.7 Å². The Hall–Kier alpha value is -1.26. The van der Waals surface area contributed by atoms with Gasteiger partial charge in [-0.05, 0) is 36.2 Å². The summed E-state index contributed by atoms with van der Waals surface area (Å²) in [6.45, 7) is 2.40. The number of nitrogens with zero attached hydrogens (tertiary/aromatic N) is 1. The molecule has 0 unspecified atom stereocenters. The van der Waals surface area contributed by atoms with Gasteiger partial charge in [-0.15, -0.1) is 0 Å². The zero-order valence-electron chi connectivity index (χ0n) is 11.3. The molecule has 0 bridgehead atoms. The van der Waals surface area contributed by atoms with Crippen LogP contribution in [0.25, 0.3) is 0 Å². The first-order chi connectivity index (χ1) is 9.63. The number of alkyl halides is 1. The molecule has 0 aliphatic heterocycles. The third kappa shape index (κ3) is 3.64. The van der Waals surface area contributed by atoms with Crippen molar-refractivity contribution in [3.63, 3.8) is 0 Å². The minimum Gasteiger partial charge on any atom is -0.493 e. The first-order valence-electron chi connectivity index (χ1n) is 6.09. The second-order valence-electron chi connectivity index (χ2n) is 4.40. The van der Waals surface area contributed by atoms with Crippen LogP contribution in [0.15, 0.2) is 30.6 Å². The molecule has 1 aromatic carbocycles. The van der Waals surface area contributed by atoms with Gasteiger partial charge >= 0.3 is 0 Å². The molecular formula is C15H15BrClNO2. The number of methoxy groups -OCH3 is 1. The molecule has 0 spiro atoms. The molecule has 0 aliphatic rings. The SMILES string of the molecule is COc1cc(CBr)cc(Cl)c1OCc1cncc(C)c1. The van der Waals surface area contributed by atoms with E-state index in [1.165, 1.54) is 0 Å². The fourth-order valence-corrected chi connectivity index (χ4v) is 2.45. The summed E-state index contributed by atoms with van der Waals surface area (Å²) in [4.78, 5) is 4.14. The van der Waals surface area contributed by atoms with Crippen LogP contribution < -0.4 is 9.47 Å². The molecule has 0 radical (unpaired) electrons. The first kappa shape index (κ1) is 15.1. The summed E-state index contributed by atoms with van der Waals surface area (Å²) in [5, 5.41) is 1.25. The second-order valence-corrected chi connectivity index (χ2v) is 5.37. The molecule has 0 saturated carbocycles. The van der Waals surface area contributed by atoms with Crippen molar-refractivity contribution in [3.8, 4) is 11.5 Å². The highest BCUT2D eigenvalue weighted by molar-refractivity contribution is 9.08. The monoisotopic (exact) mass is 355 g/mol. The number of pyridine rings is 1. The zero-order chi connectivity index (χ0) is 14.5. The summed E-state index contributed by atoms with van der Waals surface area (Å²) in [6, 6.07) is 5.80. The van der Waals surface area contributed by atoms with Gasteiger partial charge in [-0.3, -0.25) is 4.98 Å². The highest BCUT2D eigenvalue weighted by atomic mass is 79.9. The average molecular weight is 357 g/mol. The topological polar surface area (TPSA) is 31.4 Å². The van der Waals surface area contributed by atoms with Crippen LogP contribution in [0.3, 0.4) is 0 Å². The Balaban J connectivity index is 2.20. The first-order valence-corrected chi connectivity index (χ1v) is 7.59. The summed E-state index contributed by atoms with van der Waals surface area (Å²) in [6.07, 6.45) is 3.59. The molecule has 0 aliphatic carbocycles. The fourth-order valence-electron chi connectivity index (χ4n) is 1.84. The number of ether oxygens (including phenoxy) is 2. The lowest BCUT2D eigenvalue weighted by Crippen LogP contribution is -2.00. The summed E-state index contributed by atoms with van der Waals surface area (Å²) in [5.41, 5.74) is 3.13. The van der Waals surface area contributed by atoms with Gasteiger partial charge < -0.3 is 9.47 Å². The van der Waals surface area contributed by atoms with Crippen molar-refractivity contribution in [1.82, 2.24) is 4.98 Å². The molecule has 0 amide bonds. The van der Waals surface area contributed by atoms with E-state index in [-0.39, 0.29) is 0 Å². The normalized spacial score (nSPS) is 10.4. The number of hydrogen-bond acceptors (Lipinski definition) is 3. The smallest absolute Gasteiger partial charge is 0.180 e. The molecule has 2 rings (SSSR count). The van der Waals surface area contributed by atoms with Crippen LogP contribution in [0.4, 0.5) is 0 Å². The number of hydrogen-bond donors (Lipinski definition) is 0. The molecule has 0 N–H and O–H groups in total. The van der Waals surface area contributed by atoms with E-state index in [9.17, 15) is 0 Å². The van der Waals surface area contributed by atoms with Crippen molar-refractivity contribution in [2.24, 2.45) is 0 Å². The Morgan fingerprint density at radius 2 is 2.00 bits per heavy atom. The van der Waals surface area contributed by atoms with Gasteiger partial charge in [0.1, 0.15) is 6.61 Å². The highest BCUT2D eigenvalue weighted by Crippen LogP contribution is 2.37. The van der Waals surface area contributed by atoms with Gasteiger partial charge in [0.2, 0.25) is 0 Å². The van der Waals surface area contributed by atoms with E-state index in [1.54, 1.807) is 13.3 Å². The Bertz CT molecular complexity index is 604. The van der Waals surface area contributed by atoms with Crippen molar-refractivity contribution in [1.29, 1.82) is 0 Å². The molecule has 0 saturated heterocycles. The van der Waals surface area contributed by atoms with E-state index in [0.717, 1.165) is 16.7 Å². The van der Waals surface area contributed by atoms with E-state index in [4.69, 9.17) is 21.1 Å². The van der Waals surface area contributed by atoms with E-state index >= 15 is 0 Å². The number of aromatic nitrogens is 1. The summed E-state index contributed by atoms with van der Waals surface area (Å²) in [5.74, 6) is 1.19. The van der Waals surface area contributed by atoms with Gasteiger partial charge in [-0.1, -0.05) is 27.5 Å². The van der Waals surface area contributed by atoms with Crippen LogP contribution in [-0.2, 0) is 11.9 Å². The molecule has 3 nitrogen and oxygen atoms in total. The number of halogens is 2. The standard InChI is InChI=1S/C15H15BrClNO2/c1-10-3-12(8-18-7-10)9-20-15-13(17)4-11(6-16)5-14(15)19-2/h3-5,7-8H,6,9H2,1-2H3. The van der Waals surface area contributed by atoms with Crippen molar-refractivity contribution in [3.05, 3.63) is 52.3 Å². The third-order valence-corrected chi connectivity index (χ3v) is 3.69. The predicted octanol–water partition coefficient (Wildman–Crippen LogP) is 4.53. The maximum atomic E-state index is 6.25. The Labute approximate surface area is 132 Å². The van der Waals surface area contributed by atoms with E-state index < -0.39 is 0 Å². The molecule has 1 aromatic heterocycles. The van der Waals surface area contributed by atoms with E-state index in [2.05, 4.69) is 20.9 Å². The zero-order valence-corrected chi connectivity index (χ0v) is 13.7. The van der Waals surface area contributed by atoms with Gasteiger partial charge in [0, 0.05) is 23.3 Å². The Morgan fingerprint density at radius 3 is 2.65 bits per heavy atom. The lowest BCUT2D eigenvalue weighted by molar-refractivity contribution is 0.284. The minimum atomic E-state index is 0.401. The Kier molecular flexibility index (Phi) is 5.26. The molecule has 5 heteroatoms. The van der Waals surface area contributed by atoms with Gasteiger partial charge in [-0.2, -0.15) is 0 Å². The molecule has 1 heterocycles. The number of rotatable bonds is 5. The summed E-state index contributed by atoms with van der Waals surface area (Å²) in [7, 11) is 1.60. The Morgan fingerprint density at radius 1 is 1.20 bits per heavy atom. The minimum absolute atomic E-state index is 0.401. The lowest BCUT2D eigenvalue weighted by atomic mass is 10.2. The average Bonchev–Trinajstić information content (AvgIpc) is 2.45. The lowest BCUT2D eigenvalue weighted by Gasteiger charge is -2.13. The van der Waals surface area contributed by atoms with Crippen molar-refractivity contribution < 1.29 is 9.47 Å². The molecule has 2 aromatic rings. The van der Waals surface area contributed by atoms with Gasteiger partial charge in [-0.25, -0.2) is 0 Å². The third-order valence-electron chi connectivity index (χ3n) is 2.76.